The second kappa shape index (κ2) is 5.02. The Morgan fingerprint density at radius 3 is 2.88 bits per heavy atom. The SMILES string of the molecule is CC1OCCC1N(C)c1cccc(F)c1CN. The number of nitrogens with two attached hydrogens (primary N) is 1. The van der Waals surface area contributed by atoms with Gasteiger partial charge >= 0.3 is 0 Å². The number of likely N-dealkylation sites (N-methyl/N-ethyl adjacent to an activating group) is 1. The predicted octanol–water partition coefficient (Wildman–Crippen LogP) is 1.90. The maximum atomic E-state index is 13.7. The van der Waals surface area contributed by atoms with Gasteiger partial charge in [-0.05, 0) is 25.5 Å². The van der Waals surface area contributed by atoms with Gasteiger partial charge < -0.3 is 15.4 Å². The number of benzene rings is 1. The van der Waals surface area contributed by atoms with Gasteiger partial charge in [0.15, 0.2) is 0 Å². The van der Waals surface area contributed by atoms with Crippen LogP contribution in [0.25, 0.3) is 0 Å². The Morgan fingerprint density at radius 2 is 2.29 bits per heavy atom. The Hall–Kier alpha value is -1.13. The van der Waals surface area contributed by atoms with E-state index in [0.717, 1.165) is 18.7 Å². The van der Waals surface area contributed by atoms with Crippen LogP contribution in [-0.4, -0.2) is 25.8 Å². The van der Waals surface area contributed by atoms with E-state index in [9.17, 15) is 4.39 Å². The van der Waals surface area contributed by atoms with Crippen LogP contribution in [0.2, 0.25) is 0 Å². The van der Waals surface area contributed by atoms with E-state index in [2.05, 4.69) is 11.8 Å². The van der Waals surface area contributed by atoms with Crippen LogP contribution < -0.4 is 10.6 Å². The summed E-state index contributed by atoms with van der Waals surface area (Å²) in [7, 11) is 1.98. The molecule has 1 aromatic carbocycles. The molecule has 1 heterocycles. The first kappa shape index (κ1) is 12.3. The molecule has 2 N–H and O–H groups in total. The summed E-state index contributed by atoms with van der Waals surface area (Å²) >= 11 is 0. The highest BCUT2D eigenvalue weighted by molar-refractivity contribution is 5.54. The van der Waals surface area contributed by atoms with Crippen LogP contribution in [0.3, 0.4) is 0 Å². The first-order chi connectivity index (χ1) is 8.15. The quantitative estimate of drug-likeness (QED) is 0.874. The lowest BCUT2D eigenvalue weighted by molar-refractivity contribution is 0.118. The molecule has 2 rings (SSSR count). The minimum absolute atomic E-state index is 0.175. The number of ether oxygens (including phenoxy) is 1. The van der Waals surface area contributed by atoms with Gasteiger partial charge in [-0.2, -0.15) is 0 Å². The summed E-state index contributed by atoms with van der Waals surface area (Å²) in [6.07, 6.45) is 1.15. The Labute approximate surface area is 101 Å². The molecular weight excluding hydrogens is 219 g/mol. The number of hydrogen-bond donors (Lipinski definition) is 1. The van der Waals surface area contributed by atoms with Gasteiger partial charge in [-0.25, -0.2) is 4.39 Å². The molecule has 1 saturated heterocycles. The van der Waals surface area contributed by atoms with Gasteiger partial charge in [-0.15, -0.1) is 0 Å². The second-order valence-electron chi connectivity index (χ2n) is 4.48. The van der Waals surface area contributed by atoms with Crippen molar-refractivity contribution in [2.75, 3.05) is 18.6 Å². The zero-order valence-corrected chi connectivity index (χ0v) is 10.3. The fourth-order valence-corrected chi connectivity index (χ4v) is 2.49. The molecule has 0 aliphatic carbocycles. The van der Waals surface area contributed by atoms with Crippen molar-refractivity contribution < 1.29 is 9.13 Å². The summed E-state index contributed by atoms with van der Waals surface area (Å²) in [6, 6.07) is 5.38. The van der Waals surface area contributed by atoms with Gasteiger partial charge in [0.2, 0.25) is 0 Å². The lowest BCUT2D eigenvalue weighted by Gasteiger charge is -2.30. The van der Waals surface area contributed by atoms with Crippen molar-refractivity contribution in [1.29, 1.82) is 0 Å². The summed E-state index contributed by atoms with van der Waals surface area (Å²) in [5, 5.41) is 0. The normalized spacial score (nSPS) is 24.0. The Bertz CT molecular complexity index is 397. The molecule has 0 saturated carbocycles. The summed E-state index contributed by atoms with van der Waals surface area (Å²) in [4.78, 5) is 2.09. The summed E-state index contributed by atoms with van der Waals surface area (Å²) < 4.78 is 19.2. The average molecular weight is 238 g/mol. The Morgan fingerprint density at radius 1 is 1.53 bits per heavy atom. The molecule has 4 heteroatoms. The zero-order chi connectivity index (χ0) is 12.4. The second-order valence-corrected chi connectivity index (χ2v) is 4.48. The van der Waals surface area contributed by atoms with Crippen molar-refractivity contribution in [3.63, 3.8) is 0 Å². The van der Waals surface area contributed by atoms with Crippen molar-refractivity contribution in [2.24, 2.45) is 5.73 Å². The molecule has 94 valence electrons. The zero-order valence-electron chi connectivity index (χ0n) is 10.3. The summed E-state index contributed by atoms with van der Waals surface area (Å²) in [5.41, 5.74) is 7.07. The smallest absolute Gasteiger partial charge is 0.129 e. The van der Waals surface area contributed by atoms with Crippen LogP contribution in [0.5, 0.6) is 0 Å². The molecule has 0 aromatic heterocycles. The number of halogens is 1. The molecule has 0 radical (unpaired) electrons. The topological polar surface area (TPSA) is 38.5 Å². The first-order valence-electron chi connectivity index (χ1n) is 5.97. The predicted molar refractivity (Wildman–Crippen MR) is 66.5 cm³/mol. The summed E-state index contributed by atoms with van der Waals surface area (Å²) in [6.45, 7) is 3.04. The molecule has 17 heavy (non-hydrogen) atoms. The Kier molecular flexibility index (Phi) is 3.64. The standard InChI is InChI=1S/C13H19FN2O/c1-9-12(6-7-17-9)16(2)13-5-3-4-11(14)10(13)8-15/h3-5,9,12H,6-8,15H2,1-2H3. The third-order valence-electron chi connectivity index (χ3n) is 3.51. The van der Waals surface area contributed by atoms with Crippen LogP contribution in [0.4, 0.5) is 10.1 Å². The van der Waals surface area contributed by atoms with Crippen molar-refractivity contribution in [3.05, 3.63) is 29.6 Å². The first-order valence-corrected chi connectivity index (χ1v) is 5.97. The highest BCUT2D eigenvalue weighted by atomic mass is 19.1. The molecule has 1 aromatic rings. The minimum Gasteiger partial charge on any atom is -0.376 e. The molecule has 0 amide bonds. The van der Waals surface area contributed by atoms with E-state index >= 15 is 0 Å². The number of anilines is 1. The van der Waals surface area contributed by atoms with Gasteiger partial charge in [0, 0.05) is 31.5 Å². The summed E-state index contributed by atoms with van der Waals surface area (Å²) in [5.74, 6) is -0.233. The van der Waals surface area contributed by atoms with Gasteiger partial charge in [-0.1, -0.05) is 6.07 Å². The molecule has 1 aliphatic heterocycles. The largest absolute Gasteiger partial charge is 0.376 e. The Balaban J connectivity index is 2.30. The number of hydrogen-bond acceptors (Lipinski definition) is 3. The third-order valence-corrected chi connectivity index (χ3v) is 3.51. The molecule has 2 atom stereocenters. The molecule has 2 unspecified atom stereocenters. The molecule has 1 aliphatic rings. The highest BCUT2D eigenvalue weighted by Gasteiger charge is 2.29. The number of nitrogens with zero attached hydrogens (tertiary/aromatic N) is 1. The molecule has 0 spiro atoms. The third kappa shape index (κ3) is 2.28. The van der Waals surface area contributed by atoms with Crippen molar-refractivity contribution in [1.82, 2.24) is 0 Å². The average Bonchev–Trinajstić information content (AvgIpc) is 2.74. The fraction of sp³-hybridized carbons (Fsp3) is 0.538. The van der Waals surface area contributed by atoms with Gasteiger partial charge in [0.1, 0.15) is 5.82 Å². The van der Waals surface area contributed by atoms with Gasteiger partial charge in [-0.3, -0.25) is 0 Å². The van der Waals surface area contributed by atoms with Crippen LogP contribution in [0.15, 0.2) is 18.2 Å². The van der Waals surface area contributed by atoms with Crippen LogP contribution in [-0.2, 0) is 11.3 Å². The molecule has 1 fully saturated rings. The van der Waals surface area contributed by atoms with Crippen LogP contribution in [0, 0.1) is 5.82 Å². The van der Waals surface area contributed by atoms with E-state index in [1.807, 2.05) is 13.1 Å². The van der Waals surface area contributed by atoms with E-state index in [-0.39, 0.29) is 18.5 Å². The maximum Gasteiger partial charge on any atom is 0.129 e. The molecule has 0 bridgehead atoms. The van der Waals surface area contributed by atoms with Crippen molar-refractivity contribution >= 4 is 5.69 Å². The van der Waals surface area contributed by atoms with Crippen molar-refractivity contribution in [2.45, 2.75) is 32.0 Å². The fourth-order valence-electron chi connectivity index (χ4n) is 2.49. The number of rotatable bonds is 3. The van der Waals surface area contributed by atoms with Gasteiger partial charge in [0.05, 0.1) is 12.1 Å². The van der Waals surface area contributed by atoms with E-state index in [1.165, 1.54) is 6.07 Å². The van der Waals surface area contributed by atoms with Crippen LogP contribution >= 0.6 is 0 Å². The van der Waals surface area contributed by atoms with Gasteiger partial charge in [0.25, 0.3) is 0 Å². The van der Waals surface area contributed by atoms with Crippen LogP contribution in [0.1, 0.15) is 18.9 Å². The lowest BCUT2D eigenvalue weighted by atomic mass is 10.1. The monoisotopic (exact) mass is 238 g/mol. The van der Waals surface area contributed by atoms with Crippen molar-refractivity contribution in [3.8, 4) is 0 Å². The minimum atomic E-state index is -0.233. The van der Waals surface area contributed by atoms with E-state index in [4.69, 9.17) is 10.5 Å². The lowest BCUT2D eigenvalue weighted by Crippen LogP contribution is -2.37. The van der Waals surface area contributed by atoms with E-state index in [0.29, 0.717) is 11.6 Å². The van der Waals surface area contributed by atoms with E-state index in [1.54, 1.807) is 6.07 Å². The maximum absolute atomic E-state index is 13.7. The molecular formula is C13H19FN2O. The molecule has 3 nitrogen and oxygen atoms in total. The highest BCUT2D eigenvalue weighted by Crippen LogP contribution is 2.28. The van der Waals surface area contributed by atoms with E-state index < -0.39 is 0 Å².